The standard InChI is InChI=1S/C24H19ClF3N3O6/c1-3-36-21-8-5-15(11-22(21)35-2)23(32)30-29-13-14-4-7-19(17(25)10-14)37-20-9-6-16(24(26,27)28)12-18(20)31(33)34/h4-13H,3H2,1-2H3,(H,30,32)/b29-13+. The van der Waals surface area contributed by atoms with Crippen LogP contribution >= 0.6 is 11.6 Å². The fourth-order valence-electron chi connectivity index (χ4n) is 3.03. The lowest BCUT2D eigenvalue weighted by atomic mass is 10.2. The Morgan fingerprint density at radius 2 is 1.78 bits per heavy atom. The maximum Gasteiger partial charge on any atom is 0.416 e. The summed E-state index contributed by atoms with van der Waals surface area (Å²) in [5.41, 5.74) is 1.01. The number of halogens is 4. The number of hydrogen-bond acceptors (Lipinski definition) is 7. The Kier molecular flexibility index (Phi) is 8.56. The molecular weight excluding hydrogens is 519 g/mol. The van der Waals surface area contributed by atoms with Gasteiger partial charge in [-0.3, -0.25) is 14.9 Å². The quantitative estimate of drug-likeness (QED) is 0.197. The molecule has 0 bridgehead atoms. The van der Waals surface area contributed by atoms with Gasteiger partial charge in [-0.2, -0.15) is 18.3 Å². The van der Waals surface area contributed by atoms with E-state index in [0.29, 0.717) is 35.8 Å². The predicted octanol–water partition coefficient (Wildman–Crippen LogP) is 6.23. The average molecular weight is 538 g/mol. The lowest BCUT2D eigenvalue weighted by molar-refractivity contribution is -0.385. The first-order valence-electron chi connectivity index (χ1n) is 10.5. The van der Waals surface area contributed by atoms with E-state index in [1.165, 1.54) is 37.6 Å². The second-order valence-corrected chi connectivity index (χ2v) is 7.63. The molecule has 0 atom stereocenters. The molecule has 194 valence electrons. The number of carbonyl (C=O) groups excluding carboxylic acids is 1. The van der Waals surface area contributed by atoms with Crippen molar-refractivity contribution in [2.45, 2.75) is 13.1 Å². The third-order valence-electron chi connectivity index (χ3n) is 4.76. The van der Waals surface area contributed by atoms with Gasteiger partial charge in [-0.15, -0.1) is 0 Å². The Morgan fingerprint density at radius 1 is 1.08 bits per heavy atom. The summed E-state index contributed by atoms with van der Waals surface area (Å²) in [4.78, 5) is 22.6. The van der Waals surface area contributed by atoms with Crippen molar-refractivity contribution in [1.29, 1.82) is 0 Å². The predicted molar refractivity (Wildman–Crippen MR) is 129 cm³/mol. The van der Waals surface area contributed by atoms with E-state index in [1.807, 2.05) is 6.92 Å². The highest BCUT2D eigenvalue weighted by Gasteiger charge is 2.33. The highest BCUT2D eigenvalue weighted by Crippen LogP contribution is 2.39. The first kappa shape index (κ1) is 27.3. The van der Waals surface area contributed by atoms with Crippen LogP contribution in [0.2, 0.25) is 5.02 Å². The fourth-order valence-corrected chi connectivity index (χ4v) is 3.26. The van der Waals surface area contributed by atoms with Crippen LogP contribution < -0.4 is 19.6 Å². The minimum absolute atomic E-state index is 0.000668. The van der Waals surface area contributed by atoms with Crippen LogP contribution in [0.3, 0.4) is 0 Å². The Hall–Kier alpha value is -4.32. The molecule has 0 fully saturated rings. The van der Waals surface area contributed by atoms with E-state index < -0.39 is 34.0 Å². The number of ether oxygens (including phenoxy) is 3. The molecule has 0 spiro atoms. The van der Waals surface area contributed by atoms with Gasteiger partial charge in [-0.1, -0.05) is 11.6 Å². The van der Waals surface area contributed by atoms with Crippen LogP contribution in [-0.4, -0.2) is 30.8 Å². The smallest absolute Gasteiger partial charge is 0.416 e. The fraction of sp³-hybridized carbons (Fsp3) is 0.167. The number of rotatable bonds is 9. The number of nitro groups is 1. The Bertz CT molecular complexity index is 1350. The van der Waals surface area contributed by atoms with Crippen molar-refractivity contribution in [2.24, 2.45) is 5.10 Å². The van der Waals surface area contributed by atoms with Crippen LogP contribution in [0.25, 0.3) is 0 Å². The molecule has 1 N–H and O–H groups in total. The number of benzene rings is 3. The summed E-state index contributed by atoms with van der Waals surface area (Å²) in [5.74, 6) is -0.0948. The van der Waals surface area contributed by atoms with Crippen LogP contribution in [0.4, 0.5) is 18.9 Å². The maximum absolute atomic E-state index is 12.9. The van der Waals surface area contributed by atoms with Gasteiger partial charge in [-0.25, -0.2) is 5.43 Å². The van der Waals surface area contributed by atoms with Gasteiger partial charge in [0.25, 0.3) is 5.91 Å². The molecule has 0 aliphatic carbocycles. The number of carbonyl (C=O) groups is 1. The Labute approximate surface area is 213 Å². The zero-order chi connectivity index (χ0) is 27.2. The van der Waals surface area contributed by atoms with Gasteiger partial charge in [0, 0.05) is 11.6 Å². The van der Waals surface area contributed by atoms with Crippen molar-refractivity contribution in [1.82, 2.24) is 5.43 Å². The van der Waals surface area contributed by atoms with Crippen molar-refractivity contribution in [3.8, 4) is 23.0 Å². The van der Waals surface area contributed by atoms with E-state index in [1.54, 1.807) is 12.1 Å². The summed E-state index contributed by atoms with van der Waals surface area (Å²) in [6, 6.07) is 10.8. The molecular formula is C24H19ClF3N3O6. The van der Waals surface area contributed by atoms with Crippen molar-refractivity contribution in [3.63, 3.8) is 0 Å². The summed E-state index contributed by atoms with van der Waals surface area (Å²) in [6.45, 7) is 2.25. The number of amides is 1. The molecule has 0 aliphatic heterocycles. The number of nitro benzene ring substituents is 1. The summed E-state index contributed by atoms with van der Waals surface area (Å²) < 4.78 is 54.7. The van der Waals surface area contributed by atoms with E-state index in [-0.39, 0.29) is 16.3 Å². The molecule has 3 aromatic carbocycles. The minimum atomic E-state index is -4.75. The molecule has 0 aliphatic rings. The largest absolute Gasteiger partial charge is 0.493 e. The van der Waals surface area contributed by atoms with E-state index in [2.05, 4.69) is 10.5 Å². The molecule has 1 amide bonds. The minimum Gasteiger partial charge on any atom is -0.493 e. The van der Waals surface area contributed by atoms with Gasteiger partial charge in [0.05, 0.1) is 35.4 Å². The SMILES string of the molecule is CCOc1ccc(C(=O)N/N=C/c2ccc(Oc3ccc(C(F)(F)F)cc3[N+](=O)[O-])c(Cl)c2)cc1OC. The van der Waals surface area contributed by atoms with E-state index >= 15 is 0 Å². The van der Waals surface area contributed by atoms with Crippen LogP contribution in [0.1, 0.15) is 28.4 Å². The Balaban J connectivity index is 1.71. The number of hydrogen-bond donors (Lipinski definition) is 1. The zero-order valence-electron chi connectivity index (χ0n) is 19.3. The van der Waals surface area contributed by atoms with Crippen molar-refractivity contribution in [3.05, 3.63) is 86.4 Å². The maximum atomic E-state index is 12.9. The number of nitrogens with one attached hydrogen (secondary N) is 1. The van der Waals surface area contributed by atoms with Gasteiger partial charge >= 0.3 is 11.9 Å². The highest BCUT2D eigenvalue weighted by molar-refractivity contribution is 6.32. The third kappa shape index (κ3) is 6.88. The number of methoxy groups -OCH3 is 1. The van der Waals surface area contributed by atoms with Gasteiger partial charge in [0.2, 0.25) is 5.75 Å². The van der Waals surface area contributed by atoms with Crippen LogP contribution in [0.5, 0.6) is 23.0 Å². The number of hydrazone groups is 1. The molecule has 37 heavy (non-hydrogen) atoms. The van der Waals surface area contributed by atoms with Crippen LogP contribution in [0.15, 0.2) is 59.7 Å². The molecule has 3 rings (SSSR count). The lowest BCUT2D eigenvalue weighted by Crippen LogP contribution is -2.17. The van der Waals surface area contributed by atoms with Crippen molar-refractivity contribution in [2.75, 3.05) is 13.7 Å². The van der Waals surface area contributed by atoms with Gasteiger partial charge in [-0.05, 0) is 61.0 Å². The monoisotopic (exact) mass is 537 g/mol. The van der Waals surface area contributed by atoms with E-state index in [4.69, 9.17) is 25.8 Å². The highest BCUT2D eigenvalue weighted by atomic mass is 35.5. The number of nitrogens with zero attached hydrogens (tertiary/aromatic N) is 2. The van der Waals surface area contributed by atoms with Crippen molar-refractivity contribution < 1.29 is 37.1 Å². The van der Waals surface area contributed by atoms with Gasteiger partial charge < -0.3 is 14.2 Å². The Morgan fingerprint density at radius 3 is 2.41 bits per heavy atom. The molecule has 0 saturated heterocycles. The van der Waals surface area contributed by atoms with Gasteiger partial charge in [0.1, 0.15) is 5.75 Å². The van der Waals surface area contributed by atoms with Crippen LogP contribution in [-0.2, 0) is 6.18 Å². The average Bonchev–Trinajstić information content (AvgIpc) is 2.85. The van der Waals surface area contributed by atoms with E-state index in [9.17, 15) is 28.1 Å². The first-order valence-corrected chi connectivity index (χ1v) is 10.9. The van der Waals surface area contributed by atoms with Crippen molar-refractivity contribution >= 4 is 29.4 Å². The molecule has 9 nitrogen and oxygen atoms in total. The molecule has 3 aromatic rings. The summed E-state index contributed by atoms with van der Waals surface area (Å²) in [7, 11) is 1.45. The summed E-state index contributed by atoms with van der Waals surface area (Å²) in [5, 5.41) is 15.1. The van der Waals surface area contributed by atoms with Gasteiger partial charge in [0.15, 0.2) is 11.5 Å². The normalized spacial score (nSPS) is 11.3. The second-order valence-electron chi connectivity index (χ2n) is 7.23. The molecule has 0 aromatic heterocycles. The zero-order valence-corrected chi connectivity index (χ0v) is 20.1. The van der Waals surface area contributed by atoms with E-state index in [0.717, 1.165) is 6.07 Å². The molecule has 13 heteroatoms. The third-order valence-corrected chi connectivity index (χ3v) is 5.06. The molecule has 0 radical (unpaired) electrons. The number of alkyl halides is 3. The molecule has 0 heterocycles. The van der Waals surface area contributed by atoms with Crippen LogP contribution in [0, 0.1) is 10.1 Å². The second kappa shape index (κ2) is 11.6. The first-order chi connectivity index (χ1) is 17.5. The topological polar surface area (TPSA) is 112 Å². The lowest BCUT2D eigenvalue weighted by Gasteiger charge is -2.11. The summed E-state index contributed by atoms with van der Waals surface area (Å²) in [6.07, 6.45) is -3.46. The molecule has 0 unspecified atom stereocenters. The molecule has 0 saturated carbocycles. The summed E-state index contributed by atoms with van der Waals surface area (Å²) >= 11 is 6.18.